The molecule has 1 fully saturated rings. The first-order valence-corrected chi connectivity index (χ1v) is 8.34. The van der Waals surface area contributed by atoms with Gasteiger partial charge in [0.2, 0.25) is 5.91 Å². The molecule has 1 aliphatic heterocycles. The van der Waals surface area contributed by atoms with E-state index in [1.54, 1.807) is 52.8 Å². The van der Waals surface area contributed by atoms with Crippen LogP contribution in [0.1, 0.15) is 16.8 Å². The number of rotatable bonds is 4. The van der Waals surface area contributed by atoms with Gasteiger partial charge >= 0.3 is 0 Å². The Morgan fingerprint density at radius 3 is 2.52 bits per heavy atom. The molecule has 0 saturated carbocycles. The highest BCUT2D eigenvalue weighted by Gasteiger charge is 2.33. The van der Waals surface area contributed by atoms with Crippen LogP contribution in [0.15, 0.2) is 42.5 Å². The summed E-state index contributed by atoms with van der Waals surface area (Å²) in [7, 11) is 0. The lowest BCUT2D eigenvalue weighted by Gasteiger charge is -2.30. The van der Waals surface area contributed by atoms with Crippen molar-refractivity contribution in [3.63, 3.8) is 0 Å². The molecule has 2 amide bonds. The zero-order valence-electron chi connectivity index (χ0n) is 13.0. The number of carbonyl (C=O) groups excluding carboxylic acids is 2. The van der Waals surface area contributed by atoms with E-state index in [0.29, 0.717) is 39.9 Å². The lowest BCUT2D eigenvalue weighted by atomic mass is 10.1. The van der Waals surface area contributed by atoms with E-state index in [2.05, 4.69) is 5.32 Å². The molecule has 1 atom stereocenters. The average Bonchev–Trinajstić information content (AvgIpc) is 3.04. The summed E-state index contributed by atoms with van der Waals surface area (Å²) in [4.78, 5) is 25.6. The first-order chi connectivity index (χ1) is 12.0. The number of benzene rings is 2. The van der Waals surface area contributed by atoms with E-state index in [1.807, 2.05) is 0 Å². The third-order valence-electron chi connectivity index (χ3n) is 4.03. The Labute approximate surface area is 154 Å². The number of hydroxylamine groups is 1. The largest absolute Gasteiger partial charge is 0.354 e. The summed E-state index contributed by atoms with van der Waals surface area (Å²) in [5.41, 5.74) is 3.16. The minimum absolute atomic E-state index is 0.104. The Bertz CT molecular complexity index is 811. The van der Waals surface area contributed by atoms with Gasteiger partial charge in [-0.25, -0.2) is 5.48 Å². The first-order valence-electron chi connectivity index (χ1n) is 7.58. The van der Waals surface area contributed by atoms with Crippen LogP contribution in [0.25, 0.3) is 0 Å². The third-order valence-corrected chi connectivity index (χ3v) is 4.84. The van der Waals surface area contributed by atoms with Gasteiger partial charge in [0.15, 0.2) is 0 Å². The fourth-order valence-corrected chi connectivity index (χ4v) is 3.22. The number of hydrogen-bond acceptors (Lipinski definition) is 4. The van der Waals surface area contributed by atoms with E-state index in [0.717, 1.165) is 0 Å². The minimum Gasteiger partial charge on any atom is -0.354 e. The topological polar surface area (TPSA) is 81.7 Å². The molecule has 25 heavy (non-hydrogen) atoms. The Morgan fingerprint density at radius 2 is 1.92 bits per heavy atom. The van der Waals surface area contributed by atoms with Gasteiger partial charge in [0.05, 0.1) is 15.7 Å². The number of halogens is 2. The van der Waals surface area contributed by atoms with Crippen molar-refractivity contribution in [2.75, 3.05) is 11.4 Å². The van der Waals surface area contributed by atoms with E-state index in [9.17, 15) is 9.59 Å². The molecule has 6 nitrogen and oxygen atoms in total. The molecule has 1 saturated heterocycles. The van der Waals surface area contributed by atoms with Crippen molar-refractivity contribution < 1.29 is 14.8 Å². The second-order valence-corrected chi connectivity index (χ2v) is 6.31. The van der Waals surface area contributed by atoms with Crippen LogP contribution in [0.2, 0.25) is 10.0 Å². The fourth-order valence-electron chi connectivity index (χ4n) is 2.83. The molecule has 3 rings (SSSR count). The predicted octanol–water partition coefficient (Wildman–Crippen LogP) is 3.14. The number of hydrogen-bond donors (Lipinski definition) is 3. The molecule has 2 aromatic carbocycles. The van der Waals surface area contributed by atoms with Crippen LogP contribution < -0.4 is 15.7 Å². The highest BCUT2D eigenvalue weighted by Crippen LogP contribution is 2.39. The van der Waals surface area contributed by atoms with E-state index in [4.69, 9.17) is 28.4 Å². The molecule has 1 unspecified atom stereocenters. The smallest absolute Gasteiger partial charge is 0.274 e. The summed E-state index contributed by atoms with van der Waals surface area (Å²) in [6.07, 6.45) is 0.612. The van der Waals surface area contributed by atoms with Gasteiger partial charge in [-0.3, -0.25) is 14.8 Å². The molecule has 8 heteroatoms. The molecular formula is C17H15Cl2N3O3. The van der Waals surface area contributed by atoms with Crippen molar-refractivity contribution >= 4 is 46.4 Å². The zero-order chi connectivity index (χ0) is 18.0. The molecule has 130 valence electrons. The first kappa shape index (κ1) is 17.5. The van der Waals surface area contributed by atoms with Gasteiger partial charge < -0.3 is 10.2 Å². The van der Waals surface area contributed by atoms with Crippen molar-refractivity contribution in [3.8, 4) is 0 Å². The highest BCUT2D eigenvalue weighted by atomic mass is 35.5. The van der Waals surface area contributed by atoms with Gasteiger partial charge in [-0.2, -0.15) is 0 Å². The lowest BCUT2D eigenvalue weighted by Crippen LogP contribution is -2.37. The van der Waals surface area contributed by atoms with Crippen LogP contribution in [-0.4, -0.2) is 29.6 Å². The van der Waals surface area contributed by atoms with Crippen LogP contribution in [0, 0.1) is 0 Å². The molecule has 0 radical (unpaired) electrons. The summed E-state index contributed by atoms with van der Waals surface area (Å²) in [5, 5.41) is 12.3. The summed E-state index contributed by atoms with van der Waals surface area (Å²) in [6.45, 7) is 0.573. The lowest BCUT2D eigenvalue weighted by molar-refractivity contribution is -0.120. The SMILES string of the molecule is O=C(NO)c1ccc(N(c2cccc(Cl)c2Cl)C2CCNC2=O)cc1. The zero-order valence-corrected chi connectivity index (χ0v) is 14.5. The number of amides is 2. The van der Waals surface area contributed by atoms with Gasteiger partial charge in [0.1, 0.15) is 6.04 Å². The Hall–Kier alpha value is -2.28. The summed E-state index contributed by atoms with van der Waals surface area (Å²) in [5.74, 6) is -0.717. The third kappa shape index (κ3) is 3.42. The molecule has 0 aliphatic carbocycles. The molecule has 0 bridgehead atoms. The molecule has 1 heterocycles. The average molecular weight is 380 g/mol. The molecular weight excluding hydrogens is 365 g/mol. The van der Waals surface area contributed by atoms with Crippen LogP contribution in [0.3, 0.4) is 0 Å². The van der Waals surface area contributed by atoms with Crippen molar-refractivity contribution in [3.05, 3.63) is 58.1 Å². The second-order valence-electron chi connectivity index (χ2n) is 5.53. The maximum absolute atomic E-state index is 12.3. The Balaban J connectivity index is 2.07. The monoisotopic (exact) mass is 379 g/mol. The quantitative estimate of drug-likeness (QED) is 0.562. The van der Waals surface area contributed by atoms with Gasteiger partial charge in [-0.05, 0) is 42.8 Å². The van der Waals surface area contributed by atoms with Crippen LogP contribution in [0.5, 0.6) is 0 Å². The van der Waals surface area contributed by atoms with Crippen molar-refractivity contribution in [2.24, 2.45) is 0 Å². The number of nitrogens with zero attached hydrogens (tertiary/aromatic N) is 1. The van der Waals surface area contributed by atoms with E-state index >= 15 is 0 Å². The van der Waals surface area contributed by atoms with Gasteiger partial charge in [-0.1, -0.05) is 29.3 Å². The standard InChI is InChI=1S/C17H15Cl2N3O3/c18-12-2-1-3-13(15(12)19)22(14-8-9-20-17(14)24)11-6-4-10(5-7-11)16(23)21-25/h1-7,14,25H,8-9H2,(H,20,24)(H,21,23). The Morgan fingerprint density at radius 1 is 1.20 bits per heavy atom. The van der Waals surface area contributed by atoms with Crippen molar-refractivity contribution in [1.82, 2.24) is 10.8 Å². The van der Waals surface area contributed by atoms with Crippen molar-refractivity contribution in [2.45, 2.75) is 12.5 Å². The van der Waals surface area contributed by atoms with Crippen LogP contribution in [-0.2, 0) is 4.79 Å². The minimum atomic E-state index is -0.613. The molecule has 1 aliphatic rings. The van der Waals surface area contributed by atoms with Gasteiger partial charge in [0, 0.05) is 17.8 Å². The molecule has 3 N–H and O–H groups in total. The molecule has 2 aromatic rings. The maximum atomic E-state index is 12.3. The predicted molar refractivity (Wildman–Crippen MR) is 95.7 cm³/mol. The Kier molecular flexibility index (Phi) is 5.13. The van der Waals surface area contributed by atoms with E-state index < -0.39 is 11.9 Å². The second kappa shape index (κ2) is 7.31. The number of nitrogens with one attached hydrogen (secondary N) is 2. The van der Waals surface area contributed by atoms with Crippen LogP contribution in [0.4, 0.5) is 11.4 Å². The van der Waals surface area contributed by atoms with Crippen LogP contribution >= 0.6 is 23.2 Å². The number of anilines is 2. The normalized spacial score (nSPS) is 16.4. The fraction of sp³-hybridized carbons (Fsp3) is 0.176. The van der Waals surface area contributed by atoms with Gasteiger partial charge in [0.25, 0.3) is 5.91 Å². The van der Waals surface area contributed by atoms with Crippen molar-refractivity contribution in [1.29, 1.82) is 0 Å². The van der Waals surface area contributed by atoms with Gasteiger partial charge in [-0.15, -0.1) is 0 Å². The summed E-state index contributed by atoms with van der Waals surface area (Å²) in [6, 6.07) is 11.3. The molecule has 0 spiro atoms. The summed E-state index contributed by atoms with van der Waals surface area (Å²) < 4.78 is 0. The number of carbonyl (C=O) groups is 2. The molecule has 0 aromatic heterocycles. The summed E-state index contributed by atoms with van der Waals surface area (Å²) >= 11 is 12.5. The van der Waals surface area contributed by atoms with E-state index in [1.165, 1.54) is 0 Å². The maximum Gasteiger partial charge on any atom is 0.274 e. The van der Waals surface area contributed by atoms with E-state index in [-0.39, 0.29) is 5.91 Å². The highest BCUT2D eigenvalue weighted by molar-refractivity contribution is 6.43.